The maximum absolute atomic E-state index is 13.4. The predicted octanol–water partition coefficient (Wildman–Crippen LogP) is 2.31. The van der Waals surface area contributed by atoms with Gasteiger partial charge in [0.25, 0.3) is 11.1 Å². The number of hydrogen-bond acceptors (Lipinski definition) is 7. The zero-order valence-electron chi connectivity index (χ0n) is 19.0. The van der Waals surface area contributed by atoms with Crippen LogP contribution in [0.2, 0.25) is 0 Å². The molecule has 186 valence electrons. The molecule has 1 aliphatic heterocycles. The lowest BCUT2D eigenvalue weighted by molar-refractivity contribution is -0.274. The molecule has 2 N–H and O–H groups in total. The number of fused-ring (bicyclic) bond motifs is 1. The fraction of sp³-hybridized carbons (Fsp3) is 0.348. The van der Waals surface area contributed by atoms with E-state index in [9.17, 15) is 27.9 Å². The van der Waals surface area contributed by atoms with E-state index in [0.29, 0.717) is 36.5 Å². The van der Waals surface area contributed by atoms with Crippen LogP contribution in [0.3, 0.4) is 0 Å². The topological polar surface area (TPSA) is 102 Å². The maximum Gasteiger partial charge on any atom is 0.573 e. The quantitative estimate of drug-likeness (QED) is 0.546. The number of aliphatic hydroxyl groups is 1. The van der Waals surface area contributed by atoms with Crippen LogP contribution in [0.5, 0.6) is 5.75 Å². The lowest BCUT2D eigenvalue weighted by Gasteiger charge is -2.30. The molecule has 1 aliphatic rings. The van der Waals surface area contributed by atoms with Gasteiger partial charge in [0.05, 0.1) is 11.8 Å². The molecule has 35 heavy (non-hydrogen) atoms. The van der Waals surface area contributed by atoms with Gasteiger partial charge in [-0.1, -0.05) is 0 Å². The summed E-state index contributed by atoms with van der Waals surface area (Å²) in [7, 11) is 1.61. The fourth-order valence-corrected chi connectivity index (χ4v) is 4.02. The molecule has 3 aromatic rings. The van der Waals surface area contributed by atoms with Crippen molar-refractivity contribution >= 4 is 11.5 Å². The van der Waals surface area contributed by atoms with E-state index < -0.39 is 23.8 Å². The Bertz CT molecular complexity index is 1330. The summed E-state index contributed by atoms with van der Waals surface area (Å²) in [6.45, 7) is 2.85. The Morgan fingerprint density at radius 3 is 2.51 bits per heavy atom. The van der Waals surface area contributed by atoms with Crippen LogP contribution >= 0.6 is 0 Å². The number of rotatable bonds is 6. The maximum atomic E-state index is 13.4. The van der Waals surface area contributed by atoms with Crippen molar-refractivity contribution < 1.29 is 23.0 Å². The van der Waals surface area contributed by atoms with Crippen molar-refractivity contribution in [1.29, 1.82) is 0 Å². The third-order valence-corrected chi connectivity index (χ3v) is 5.57. The summed E-state index contributed by atoms with van der Waals surface area (Å²) in [5, 5.41) is 17.2. The molecule has 0 radical (unpaired) electrons. The minimum absolute atomic E-state index is 0.226. The van der Waals surface area contributed by atoms with Gasteiger partial charge in [0.15, 0.2) is 5.82 Å². The second-order valence-electron chi connectivity index (χ2n) is 8.36. The first-order chi connectivity index (χ1) is 16.5. The Labute approximate surface area is 198 Å². The third-order valence-electron chi connectivity index (χ3n) is 5.57. The van der Waals surface area contributed by atoms with Crippen LogP contribution in [0.15, 0.2) is 52.2 Å². The first-order valence-electron chi connectivity index (χ1n) is 10.9. The van der Waals surface area contributed by atoms with Gasteiger partial charge in [-0.3, -0.25) is 14.5 Å². The molecule has 1 aromatic carbocycles. The van der Waals surface area contributed by atoms with Gasteiger partial charge < -0.3 is 19.7 Å². The Balaban J connectivity index is 1.79. The van der Waals surface area contributed by atoms with Crippen molar-refractivity contribution in [1.82, 2.24) is 19.2 Å². The highest BCUT2D eigenvalue weighted by Crippen LogP contribution is 2.26. The lowest BCUT2D eigenvalue weighted by atomic mass is 10.0. The number of alkyl halides is 3. The summed E-state index contributed by atoms with van der Waals surface area (Å²) in [6.07, 6.45) is -3.37. The molecule has 0 bridgehead atoms. The molecule has 0 aliphatic carbocycles. The standard InChI is InChI=1S/C23H24F3N5O4/c1-14(32)12-30-11-9-17-18(13-30)21(33)31(15-5-7-16(8-6-15)35-23(24,25)26)28-20(17)27-19-4-3-10-29(2)22(19)34/h3-8,10,14,32H,9,11-13H2,1-2H3,(H,27,28). The predicted molar refractivity (Wildman–Crippen MR) is 122 cm³/mol. The molecule has 1 atom stereocenters. The number of aliphatic hydroxyl groups excluding tert-OH is 1. The molecule has 4 rings (SSSR count). The van der Waals surface area contributed by atoms with Crippen LogP contribution in [0.25, 0.3) is 5.69 Å². The number of aryl methyl sites for hydroxylation is 1. The minimum Gasteiger partial charge on any atom is -0.406 e. The summed E-state index contributed by atoms with van der Waals surface area (Å²) in [6, 6.07) is 8.06. The summed E-state index contributed by atoms with van der Waals surface area (Å²) < 4.78 is 43.9. The second-order valence-corrected chi connectivity index (χ2v) is 8.36. The van der Waals surface area contributed by atoms with Gasteiger partial charge in [0.2, 0.25) is 0 Å². The number of anilines is 2. The van der Waals surface area contributed by atoms with Gasteiger partial charge in [-0.15, -0.1) is 18.3 Å². The number of pyridine rings is 1. The van der Waals surface area contributed by atoms with E-state index in [0.717, 1.165) is 16.8 Å². The van der Waals surface area contributed by atoms with Crippen molar-refractivity contribution in [2.45, 2.75) is 32.4 Å². The summed E-state index contributed by atoms with van der Waals surface area (Å²) in [5.74, 6) is -0.128. The normalized spacial score (nSPS) is 14.9. The number of benzene rings is 1. The van der Waals surface area contributed by atoms with Crippen LogP contribution in [0.4, 0.5) is 24.7 Å². The molecule has 3 heterocycles. The summed E-state index contributed by atoms with van der Waals surface area (Å²) >= 11 is 0. The lowest BCUT2D eigenvalue weighted by Crippen LogP contribution is -2.41. The number of ether oxygens (including phenoxy) is 1. The average Bonchev–Trinajstić information content (AvgIpc) is 2.78. The monoisotopic (exact) mass is 491 g/mol. The number of nitrogens with zero attached hydrogens (tertiary/aromatic N) is 4. The molecule has 0 amide bonds. The summed E-state index contributed by atoms with van der Waals surface area (Å²) in [4.78, 5) is 27.9. The van der Waals surface area contributed by atoms with Crippen molar-refractivity contribution in [3.63, 3.8) is 0 Å². The second kappa shape index (κ2) is 9.55. The molecular formula is C23H24F3N5O4. The van der Waals surface area contributed by atoms with Crippen molar-refractivity contribution in [2.24, 2.45) is 7.05 Å². The Kier molecular flexibility index (Phi) is 6.68. The van der Waals surface area contributed by atoms with Crippen LogP contribution in [0, 0.1) is 0 Å². The van der Waals surface area contributed by atoms with Crippen molar-refractivity contribution in [3.05, 3.63) is 74.4 Å². The average molecular weight is 491 g/mol. The van der Waals surface area contributed by atoms with E-state index >= 15 is 0 Å². The first kappa shape index (κ1) is 24.5. The number of halogens is 3. The smallest absolute Gasteiger partial charge is 0.406 e. The van der Waals surface area contributed by atoms with E-state index in [1.54, 1.807) is 32.3 Å². The zero-order chi connectivity index (χ0) is 25.3. The zero-order valence-corrected chi connectivity index (χ0v) is 19.0. The Morgan fingerprint density at radius 1 is 1.14 bits per heavy atom. The molecule has 0 spiro atoms. The molecular weight excluding hydrogens is 467 g/mol. The van der Waals surface area contributed by atoms with Crippen LogP contribution in [-0.2, 0) is 20.0 Å². The van der Waals surface area contributed by atoms with Crippen molar-refractivity contribution in [3.8, 4) is 11.4 Å². The highest BCUT2D eigenvalue weighted by Gasteiger charge is 2.31. The molecule has 2 aromatic heterocycles. The molecule has 9 nitrogen and oxygen atoms in total. The molecule has 0 fully saturated rings. The fourth-order valence-electron chi connectivity index (χ4n) is 4.02. The van der Waals surface area contributed by atoms with Gasteiger partial charge in [-0.25, -0.2) is 0 Å². The van der Waals surface area contributed by atoms with Gasteiger partial charge in [-0.2, -0.15) is 4.68 Å². The SMILES string of the molecule is CC(O)CN1CCc2c(Nc3cccn(C)c3=O)nn(-c3ccc(OC(F)(F)F)cc3)c(=O)c2C1. The molecule has 1 unspecified atom stereocenters. The Hall–Kier alpha value is -3.64. The van der Waals surface area contributed by atoms with Gasteiger partial charge in [0.1, 0.15) is 11.4 Å². The number of nitrogens with one attached hydrogen (secondary N) is 1. The van der Waals surface area contributed by atoms with Crippen LogP contribution < -0.4 is 21.2 Å². The highest BCUT2D eigenvalue weighted by atomic mass is 19.4. The molecule has 0 saturated carbocycles. The third kappa shape index (κ3) is 5.54. The van der Waals surface area contributed by atoms with Gasteiger partial charge >= 0.3 is 6.36 Å². The highest BCUT2D eigenvalue weighted by molar-refractivity contribution is 5.60. The molecule has 0 saturated heterocycles. The van der Waals surface area contributed by atoms with Gasteiger partial charge in [-0.05, 0) is 49.7 Å². The van der Waals surface area contributed by atoms with E-state index in [1.807, 2.05) is 4.90 Å². The summed E-state index contributed by atoms with van der Waals surface area (Å²) in [5.41, 5.74) is 0.834. The van der Waals surface area contributed by atoms with E-state index in [2.05, 4.69) is 15.2 Å². The number of hydrogen-bond donors (Lipinski definition) is 2. The van der Waals surface area contributed by atoms with Crippen LogP contribution in [0.1, 0.15) is 18.1 Å². The first-order valence-corrected chi connectivity index (χ1v) is 10.9. The molecule has 12 heteroatoms. The minimum atomic E-state index is -4.84. The van der Waals surface area contributed by atoms with E-state index in [-0.39, 0.29) is 23.5 Å². The van der Waals surface area contributed by atoms with Gasteiger partial charge in [0, 0.05) is 44.0 Å². The Morgan fingerprint density at radius 2 is 1.86 bits per heavy atom. The largest absolute Gasteiger partial charge is 0.573 e. The number of aromatic nitrogens is 3. The number of β-amino-alcohol motifs (C(OH)–C–C–N with tert-alkyl or cyclic N) is 1. The van der Waals surface area contributed by atoms with Crippen LogP contribution in [-0.4, -0.2) is 49.9 Å². The van der Waals surface area contributed by atoms with Crippen molar-refractivity contribution in [2.75, 3.05) is 18.4 Å². The van der Waals surface area contributed by atoms with E-state index in [4.69, 9.17) is 0 Å². The van der Waals surface area contributed by atoms with E-state index in [1.165, 1.54) is 16.7 Å².